The van der Waals surface area contributed by atoms with Crippen molar-refractivity contribution < 1.29 is 10.0 Å². The molecule has 0 aliphatic carbocycles. The van der Waals surface area contributed by atoms with Crippen LogP contribution in [0.4, 0.5) is 0 Å². The molecule has 2 rings (SSSR count). The fraction of sp³-hybridized carbons (Fsp3) is 0.429. The number of rotatable bonds is 4. The van der Waals surface area contributed by atoms with Gasteiger partial charge in [0, 0.05) is 30.7 Å². The molecule has 0 spiro atoms. The number of nitrogens with two attached hydrogens (primary N) is 1. The van der Waals surface area contributed by atoms with Gasteiger partial charge in [0.15, 0.2) is 5.84 Å². The SMILES string of the molecule is NC(CN1CCN(C(=O)Cc2ccc(Br)cc2)CC1)=NO. The molecule has 0 bridgehead atoms. The number of nitrogens with zero attached hydrogens (tertiary/aromatic N) is 3. The van der Waals surface area contributed by atoms with Crippen LogP contribution in [-0.2, 0) is 11.2 Å². The van der Waals surface area contributed by atoms with Gasteiger partial charge in [0.05, 0.1) is 13.0 Å². The van der Waals surface area contributed by atoms with E-state index in [1.54, 1.807) is 0 Å². The topological polar surface area (TPSA) is 82.2 Å². The molecule has 3 N–H and O–H groups in total. The largest absolute Gasteiger partial charge is 0.409 e. The molecule has 1 saturated heterocycles. The Morgan fingerprint density at radius 1 is 1.24 bits per heavy atom. The zero-order valence-corrected chi connectivity index (χ0v) is 13.3. The first-order chi connectivity index (χ1) is 10.1. The highest BCUT2D eigenvalue weighted by atomic mass is 79.9. The number of hydrogen-bond donors (Lipinski definition) is 2. The Labute approximate surface area is 132 Å². The monoisotopic (exact) mass is 354 g/mol. The van der Waals surface area contributed by atoms with Gasteiger partial charge in [-0.15, -0.1) is 0 Å². The third-order valence-corrected chi connectivity index (χ3v) is 4.04. The maximum absolute atomic E-state index is 12.2. The third-order valence-electron chi connectivity index (χ3n) is 3.51. The van der Waals surface area contributed by atoms with Crippen LogP contribution in [0.2, 0.25) is 0 Å². The second-order valence-corrected chi connectivity index (χ2v) is 5.97. The van der Waals surface area contributed by atoms with Crippen LogP contribution in [0.5, 0.6) is 0 Å². The molecule has 0 atom stereocenters. The Morgan fingerprint density at radius 3 is 2.43 bits per heavy atom. The van der Waals surface area contributed by atoms with E-state index in [1.165, 1.54) is 0 Å². The highest BCUT2D eigenvalue weighted by Gasteiger charge is 2.21. The molecular weight excluding hydrogens is 336 g/mol. The van der Waals surface area contributed by atoms with E-state index in [-0.39, 0.29) is 11.7 Å². The van der Waals surface area contributed by atoms with E-state index >= 15 is 0 Å². The van der Waals surface area contributed by atoms with E-state index in [1.807, 2.05) is 29.2 Å². The zero-order valence-electron chi connectivity index (χ0n) is 11.7. The summed E-state index contributed by atoms with van der Waals surface area (Å²) in [7, 11) is 0. The van der Waals surface area contributed by atoms with Crippen molar-refractivity contribution >= 4 is 27.7 Å². The minimum absolute atomic E-state index is 0.140. The van der Waals surface area contributed by atoms with E-state index in [0.717, 1.165) is 23.1 Å². The molecule has 0 aromatic heterocycles. The van der Waals surface area contributed by atoms with Crippen molar-refractivity contribution in [1.29, 1.82) is 0 Å². The lowest BCUT2D eigenvalue weighted by molar-refractivity contribution is -0.132. The first-order valence-electron chi connectivity index (χ1n) is 6.79. The molecule has 7 heteroatoms. The number of hydrogen-bond acceptors (Lipinski definition) is 4. The van der Waals surface area contributed by atoms with Crippen LogP contribution in [-0.4, -0.2) is 59.5 Å². The molecule has 114 valence electrons. The molecule has 0 unspecified atom stereocenters. The quantitative estimate of drug-likeness (QED) is 0.364. The number of carbonyl (C=O) groups is 1. The molecule has 0 radical (unpaired) electrons. The van der Waals surface area contributed by atoms with Gasteiger partial charge in [-0.3, -0.25) is 9.69 Å². The van der Waals surface area contributed by atoms with Gasteiger partial charge in [0.1, 0.15) is 0 Å². The Hall–Kier alpha value is -1.60. The Kier molecular flexibility index (Phi) is 5.58. The Bertz CT molecular complexity index is 510. The average molecular weight is 355 g/mol. The summed E-state index contributed by atoms with van der Waals surface area (Å²) in [5.41, 5.74) is 6.50. The van der Waals surface area contributed by atoms with E-state index in [0.29, 0.717) is 26.1 Å². The zero-order chi connectivity index (χ0) is 15.2. The third kappa shape index (κ3) is 4.71. The fourth-order valence-corrected chi connectivity index (χ4v) is 2.57. The minimum Gasteiger partial charge on any atom is -0.409 e. The van der Waals surface area contributed by atoms with Crippen molar-refractivity contribution in [2.24, 2.45) is 10.9 Å². The summed E-state index contributed by atoms with van der Waals surface area (Å²) < 4.78 is 1.01. The van der Waals surface area contributed by atoms with Gasteiger partial charge in [-0.25, -0.2) is 0 Å². The van der Waals surface area contributed by atoms with E-state index in [4.69, 9.17) is 10.9 Å². The van der Waals surface area contributed by atoms with E-state index in [2.05, 4.69) is 26.0 Å². The summed E-state index contributed by atoms with van der Waals surface area (Å²) in [6.45, 7) is 3.26. The normalized spacial score (nSPS) is 17.0. The van der Waals surface area contributed by atoms with Crippen LogP contribution in [0, 0.1) is 0 Å². The molecular formula is C14H19BrN4O2. The molecule has 1 aliphatic rings. The van der Waals surface area contributed by atoms with Gasteiger partial charge < -0.3 is 15.8 Å². The number of oxime groups is 1. The molecule has 1 aliphatic heterocycles. The van der Waals surface area contributed by atoms with Crippen LogP contribution in [0.1, 0.15) is 5.56 Å². The summed E-state index contributed by atoms with van der Waals surface area (Å²) in [6.07, 6.45) is 0.424. The Morgan fingerprint density at radius 2 is 1.86 bits per heavy atom. The van der Waals surface area contributed by atoms with Crippen LogP contribution >= 0.6 is 15.9 Å². The second kappa shape index (κ2) is 7.42. The lowest BCUT2D eigenvalue weighted by Gasteiger charge is -2.34. The number of halogens is 1. The van der Waals surface area contributed by atoms with Crippen LogP contribution < -0.4 is 5.73 Å². The Balaban J connectivity index is 1.81. The first kappa shape index (κ1) is 15.8. The molecule has 1 aromatic rings. The summed E-state index contributed by atoms with van der Waals surface area (Å²) in [4.78, 5) is 16.2. The highest BCUT2D eigenvalue weighted by molar-refractivity contribution is 9.10. The number of carbonyl (C=O) groups excluding carboxylic acids is 1. The second-order valence-electron chi connectivity index (χ2n) is 5.05. The minimum atomic E-state index is 0.140. The number of amidine groups is 1. The lowest BCUT2D eigenvalue weighted by atomic mass is 10.1. The summed E-state index contributed by atoms with van der Waals surface area (Å²) in [5.74, 6) is 0.338. The summed E-state index contributed by atoms with van der Waals surface area (Å²) in [5, 5.41) is 11.5. The molecule has 1 amide bonds. The van der Waals surface area contributed by atoms with Crippen molar-refractivity contribution in [3.8, 4) is 0 Å². The van der Waals surface area contributed by atoms with Crippen molar-refractivity contribution in [1.82, 2.24) is 9.80 Å². The van der Waals surface area contributed by atoms with E-state index < -0.39 is 0 Å². The van der Waals surface area contributed by atoms with Crippen LogP contribution in [0.25, 0.3) is 0 Å². The summed E-state index contributed by atoms with van der Waals surface area (Å²) in [6, 6.07) is 7.79. The van der Waals surface area contributed by atoms with E-state index in [9.17, 15) is 4.79 Å². The highest BCUT2D eigenvalue weighted by Crippen LogP contribution is 2.12. The van der Waals surface area contributed by atoms with Crippen molar-refractivity contribution in [2.75, 3.05) is 32.7 Å². The predicted octanol–water partition coefficient (Wildman–Crippen LogP) is 0.882. The molecule has 0 saturated carbocycles. The number of piperazine rings is 1. The molecule has 21 heavy (non-hydrogen) atoms. The lowest BCUT2D eigenvalue weighted by Crippen LogP contribution is -2.51. The smallest absolute Gasteiger partial charge is 0.227 e. The number of benzene rings is 1. The van der Waals surface area contributed by atoms with Crippen molar-refractivity contribution in [3.05, 3.63) is 34.3 Å². The summed E-state index contributed by atoms with van der Waals surface area (Å²) >= 11 is 3.38. The fourth-order valence-electron chi connectivity index (χ4n) is 2.30. The van der Waals surface area contributed by atoms with Gasteiger partial charge >= 0.3 is 0 Å². The molecule has 1 heterocycles. The molecule has 1 aromatic carbocycles. The van der Waals surface area contributed by atoms with Gasteiger partial charge in [-0.05, 0) is 17.7 Å². The van der Waals surface area contributed by atoms with Gasteiger partial charge in [0.2, 0.25) is 5.91 Å². The maximum atomic E-state index is 12.2. The van der Waals surface area contributed by atoms with Crippen LogP contribution in [0.15, 0.2) is 33.9 Å². The number of amides is 1. The van der Waals surface area contributed by atoms with Gasteiger partial charge in [-0.1, -0.05) is 33.2 Å². The molecule has 6 nitrogen and oxygen atoms in total. The average Bonchev–Trinajstić information content (AvgIpc) is 2.50. The maximum Gasteiger partial charge on any atom is 0.227 e. The first-order valence-corrected chi connectivity index (χ1v) is 7.59. The standard InChI is InChI=1S/C14H19BrN4O2/c15-12-3-1-11(2-4-12)9-14(20)19-7-5-18(6-8-19)10-13(16)17-21/h1-4,21H,5-10H2,(H2,16,17). The van der Waals surface area contributed by atoms with Gasteiger partial charge in [0.25, 0.3) is 0 Å². The molecule has 1 fully saturated rings. The predicted molar refractivity (Wildman–Crippen MR) is 84.3 cm³/mol. The van der Waals surface area contributed by atoms with Crippen molar-refractivity contribution in [3.63, 3.8) is 0 Å². The van der Waals surface area contributed by atoms with Crippen molar-refractivity contribution in [2.45, 2.75) is 6.42 Å². The van der Waals surface area contributed by atoms with Crippen LogP contribution in [0.3, 0.4) is 0 Å². The van der Waals surface area contributed by atoms with Gasteiger partial charge in [-0.2, -0.15) is 0 Å².